The minimum Gasteiger partial charge on any atom is -0.445 e. The Morgan fingerprint density at radius 1 is 1.15 bits per heavy atom. The van der Waals surface area contributed by atoms with Crippen molar-refractivity contribution in [3.05, 3.63) is 71.4 Å². The summed E-state index contributed by atoms with van der Waals surface area (Å²) < 4.78 is 5.09. The van der Waals surface area contributed by atoms with Gasteiger partial charge < -0.3 is 25.3 Å². The molecule has 0 saturated heterocycles. The van der Waals surface area contributed by atoms with Crippen LogP contribution in [-0.2, 0) is 11.3 Å². The van der Waals surface area contributed by atoms with Crippen LogP contribution in [0.1, 0.15) is 22.8 Å². The van der Waals surface area contributed by atoms with Crippen molar-refractivity contribution in [1.82, 2.24) is 10.3 Å². The highest BCUT2D eigenvalue weighted by Gasteiger charge is 2.23. The second-order valence-corrected chi connectivity index (χ2v) is 6.20. The molecule has 1 heterocycles. The number of hydrogen-bond acceptors (Lipinski definition) is 4. The number of carbonyl (C=O) groups is 1. The van der Waals surface area contributed by atoms with Gasteiger partial charge in [-0.3, -0.25) is 0 Å². The lowest BCUT2D eigenvalue weighted by Crippen LogP contribution is -2.35. The zero-order valence-electron chi connectivity index (χ0n) is 14.5. The number of hydrogen-bond donors (Lipinski definition) is 4. The Balaban J connectivity index is 1.55. The second kappa shape index (κ2) is 8.03. The van der Waals surface area contributed by atoms with Gasteiger partial charge >= 0.3 is 6.09 Å². The van der Waals surface area contributed by atoms with E-state index in [1.54, 1.807) is 6.20 Å². The molecule has 0 radical (unpaired) electrons. The highest BCUT2D eigenvalue weighted by atomic mass is 16.5. The summed E-state index contributed by atoms with van der Waals surface area (Å²) in [6.07, 6.45) is -1.24. The first-order chi connectivity index (χ1) is 12.6. The fourth-order valence-electron chi connectivity index (χ4n) is 2.91. The van der Waals surface area contributed by atoms with E-state index in [4.69, 9.17) is 4.74 Å². The molecule has 0 aliphatic carbocycles. The molecule has 3 aromatic rings. The van der Waals surface area contributed by atoms with E-state index in [1.807, 2.05) is 55.5 Å². The van der Waals surface area contributed by atoms with Crippen LogP contribution in [0.25, 0.3) is 10.9 Å². The molecule has 0 spiro atoms. The topological polar surface area (TPSA) is 94.6 Å². The van der Waals surface area contributed by atoms with E-state index in [2.05, 4.69) is 10.3 Å². The minimum absolute atomic E-state index is 0.118. The molecule has 0 aliphatic rings. The van der Waals surface area contributed by atoms with Crippen LogP contribution in [0.4, 0.5) is 4.79 Å². The molecule has 6 nitrogen and oxygen atoms in total. The van der Waals surface area contributed by atoms with Crippen molar-refractivity contribution in [1.29, 1.82) is 0 Å². The number of rotatable bonds is 6. The van der Waals surface area contributed by atoms with E-state index in [1.165, 1.54) is 0 Å². The molecular weight excluding hydrogens is 332 g/mol. The first kappa shape index (κ1) is 18.0. The summed E-state index contributed by atoms with van der Waals surface area (Å²) in [5.41, 5.74) is 3.37. The monoisotopic (exact) mass is 354 g/mol. The Bertz CT molecular complexity index is 876. The van der Waals surface area contributed by atoms with Gasteiger partial charge in [-0.2, -0.15) is 0 Å². The summed E-state index contributed by atoms with van der Waals surface area (Å²) in [6.45, 7) is 1.97. The molecule has 0 aliphatic heterocycles. The number of aryl methyl sites for hydroxylation is 1. The van der Waals surface area contributed by atoms with Crippen molar-refractivity contribution in [2.75, 3.05) is 6.54 Å². The molecule has 0 saturated carbocycles. The molecule has 4 N–H and O–H groups in total. The summed E-state index contributed by atoms with van der Waals surface area (Å²) >= 11 is 0. The third kappa shape index (κ3) is 4.04. The highest BCUT2D eigenvalue weighted by molar-refractivity contribution is 5.86. The lowest BCUT2D eigenvalue weighted by Gasteiger charge is -2.18. The minimum atomic E-state index is -1.15. The van der Waals surface area contributed by atoms with Gasteiger partial charge in [-0.15, -0.1) is 0 Å². The van der Waals surface area contributed by atoms with Gasteiger partial charge in [0.15, 0.2) is 0 Å². The third-order valence-corrected chi connectivity index (χ3v) is 4.30. The molecule has 2 aromatic carbocycles. The zero-order chi connectivity index (χ0) is 18.5. The molecule has 6 heteroatoms. The van der Waals surface area contributed by atoms with Crippen molar-refractivity contribution in [2.24, 2.45) is 0 Å². The third-order valence-electron chi connectivity index (χ3n) is 4.30. The van der Waals surface area contributed by atoms with E-state index < -0.39 is 18.3 Å². The molecule has 1 amide bonds. The average Bonchev–Trinajstić information content (AvgIpc) is 3.10. The van der Waals surface area contributed by atoms with Crippen molar-refractivity contribution in [3.8, 4) is 0 Å². The van der Waals surface area contributed by atoms with Crippen molar-refractivity contribution < 1.29 is 19.7 Å². The fourth-order valence-corrected chi connectivity index (χ4v) is 2.91. The van der Waals surface area contributed by atoms with Crippen LogP contribution < -0.4 is 5.32 Å². The second-order valence-electron chi connectivity index (χ2n) is 6.20. The molecule has 0 bridgehead atoms. The van der Waals surface area contributed by atoms with Gasteiger partial charge in [0.25, 0.3) is 0 Å². The van der Waals surface area contributed by atoms with Crippen LogP contribution in [0.15, 0.2) is 54.7 Å². The quantitative estimate of drug-likeness (QED) is 0.547. The molecule has 2 unspecified atom stereocenters. The SMILES string of the molecule is Cc1cccc2[nH]cc(C(O)C(O)CNC(=O)OCc3ccccc3)c12. The largest absolute Gasteiger partial charge is 0.445 e. The summed E-state index contributed by atoms with van der Waals surface area (Å²) in [6, 6.07) is 15.1. The number of ether oxygens (including phenoxy) is 1. The van der Waals surface area contributed by atoms with Crippen molar-refractivity contribution >= 4 is 17.0 Å². The summed E-state index contributed by atoms with van der Waals surface area (Å²) in [5.74, 6) is 0. The predicted molar refractivity (Wildman–Crippen MR) is 98.6 cm³/mol. The molecule has 136 valence electrons. The predicted octanol–water partition coefficient (Wildman–Crippen LogP) is 2.80. The Kier molecular flexibility index (Phi) is 5.55. The fraction of sp³-hybridized carbons (Fsp3) is 0.250. The molecular formula is C20H22N2O4. The molecule has 26 heavy (non-hydrogen) atoms. The first-order valence-electron chi connectivity index (χ1n) is 8.43. The van der Waals surface area contributed by atoms with Gasteiger partial charge in [0.05, 0.1) is 0 Å². The van der Waals surface area contributed by atoms with Gasteiger partial charge in [0.2, 0.25) is 0 Å². The Hall–Kier alpha value is -2.83. The number of amides is 1. The number of benzene rings is 2. The summed E-state index contributed by atoms with van der Waals surface area (Å²) in [5, 5.41) is 24.1. The number of alkyl carbamates (subject to hydrolysis) is 1. The standard InChI is InChI=1S/C20H22N2O4/c1-13-6-5-9-16-18(13)15(10-21-16)19(24)17(23)11-22-20(25)26-12-14-7-3-2-4-8-14/h2-10,17,19,21,23-24H,11-12H2,1H3,(H,22,25). The molecule has 1 aromatic heterocycles. The number of fused-ring (bicyclic) bond motifs is 1. The van der Waals surface area contributed by atoms with Gasteiger partial charge in [0, 0.05) is 29.2 Å². The van der Waals surface area contributed by atoms with Crippen LogP contribution in [-0.4, -0.2) is 33.9 Å². The van der Waals surface area contributed by atoms with Crippen molar-refractivity contribution in [2.45, 2.75) is 25.7 Å². The number of aromatic amines is 1. The van der Waals surface area contributed by atoms with Crippen molar-refractivity contribution in [3.63, 3.8) is 0 Å². The first-order valence-corrected chi connectivity index (χ1v) is 8.43. The van der Waals surface area contributed by atoms with E-state index >= 15 is 0 Å². The Morgan fingerprint density at radius 3 is 2.69 bits per heavy atom. The highest BCUT2D eigenvalue weighted by Crippen LogP contribution is 2.28. The van der Waals surface area contributed by atoms with E-state index in [-0.39, 0.29) is 13.2 Å². The van der Waals surface area contributed by atoms with Crippen LogP contribution >= 0.6 is 0 Å². The number of aromatic nitrogens is 1. The van der Waals surface area contributed by atoms with E-state index in [0.717, 1.165) is 22.0 Å². The smallest absolute Gasteiger partial charge is 0.407 e. The Morgan fingerprint density at radius 2 is 1.92 bits per heavy atom. The maximum Gasteiger partial charge on any atom is 0.407 e. The number of carbonyl (C=O) groups excluding carboxylic acids is 1. The van der Waals surface area contributed by atoms with Gasteiger partial charge in [-0.1, -0.05) is 42.5 Å². The maximum absolute atomic E-state index is 11.8. The Labute approximate surface area is 151 Å². The van der Waals surface area contributed by atoms with E-state index in [0.29, 0.717) is 5.56 Å². The molecule has 2 atom stereocenters. The lowest BCUT2D eigenvalue weighted by molar-refractivity contribution is 0.0192. The van der Waals surface area contributed by atoms with Crippen LogP contribution in [0.3, 0.4) is 0 Å². The van der Waals surface area contributed by atoms with Gasteiger partial charge in [-0.05, 0) is 24.1 Å². The van der Waals surface area contributed by atoms with Crippen LogP contribution in [0.5, 0.6) is 0 Å². The number of aliphatic hydroxyl groups is 2. The number of nitrogens with one attached hydrogen (secondary N) is 2. The lowest BCUT2D eigenvalue weighted by atomic mass is 10.0. The van der Waals surface area contributed by atoms with Crippen LogP contribution in [0, 0.1) is 6.92 Å². The summed E-state index contributed by atoms with van der Waals surface area (Å²) in [4.78, 5) is 14.8. The normalized spacial score (nSPS) is 13.3. The molecule has 0 fully saturated rings. The number of aliphatic hydroxyl groups excluding tert-OH is 2. The maximum atomic E-state index is 11.8. The number of H-pyrrole nitrogens is 1. The van der Waals surface area contributed by atoms with Crippen LogP contribution in [0.2, 0.25) is 0 Å². The zero-order valence-corrected chi connectivity index (χ0v) is 14.5. The van der Waals surface area contributed by atoms with E-state index in [9.17, 15) is 15.0 Å². The summed E-state index contributed by atoms with van der Waals surface area (Å²) in [7, 11) is 0. The average molecular weight is 354 g/mol. The van der Waals surface area contributed by atoms with Gasteiger partial charge in [-0.25, -0.2) is 4.79 Å². The molecule has 3 rings (SSSR count). The van der Waals surface area contributed by atoms with Gasteiger partial charge in [0.1, 0.15) is 18.8 Å².